The highest BCUT2D eigenvalue weighted by molar-refractivity contribution is 6.12. The van der Waals surface area contributed by atoms with Gasteiger partial charge in [-0.25, -0.2) is 8.78 Å². The minimum Gasteiger partial charge on any atom is -0.455 e. The molecule has 1 aromatic heterocycles. The van der Waals surface area contributed by atoms with E-state index in [1.807, 2.05) is 43.3 Å². The summed E-state index contributed by atoms with van der Waals surface area (Å²) in [5.74, 6) is -0.229. The Kier molecular flexibility index (Phi) is 6.46. The Bertz CT molecular complexity index is 1760. The molecule has 5 heteroatoms. The van der Waals surface area contributed by atoms with E-state index >= 15 is 0 Å². The Balaban J connectivity index is 1.37. The molecule has 0 N–H and O–H groups in total. The van der Waals surface area contributed by atoms with Gasteiger partial charge in [-0.05, 0) is 96.6 Å². The first kappa shape index (κ1) is 25.9. The predicted molar refractivity (Wildman–Crippen MR) is 153 cm³/mol. The van der Waals surface area contributed by atoms with Crippen LogP contribution in [0.3, 0.4) is 0 Å². The molecule has 0 atom stereocenters. The van der Waals surface area contributed by atoms with Gasteiger partial charge in [0.05, 0.1) is 5.56 Å². The molecule has 0 aliphatic heterocycles. The quantitative estimate of drug-likeness (QED) is 0.186. The van der Waals surface area contributed by atoms with Crippen molar-refractivity contribution in [2.24, 2.45) is 0 Å². The van der Waals surface area contributed by atoms with E-state index in [0.717, 1.165) is 35.1 Å². The van der Waals surface area contributed by atoms with E-state index in [1.54, 1.807) is 31.2 Å². The average molecular weight is 535 g/mol. The molecule has 200 valence electrons. The zero-order valence-electron chi connectivity index (χ0n) is 22.4. The van der Waals surface area contributed by atoms with Crippen LogP contribution in [0.1, 0.15) is 64.4 Å². The number of furan rings is 1. The fourth-order valence-corrected chi connectivity index (χ4v) is 5.56. The number of Topliss-reactive ketones (excluding diaryl/α,β-unsaturated/α-hetero) is 2. The smallest absolute Gasteiger partial charge is 0.167 e. The van der Waals surface area contributed by atoms with Gasteiger partial charge < -0.3 is 4.42 Å². The predicted octanol–water partition coefficient (Wildman–Crippen LogP) is 9.25. The number of carbonyl (C=O) groups is 2. The van der Waals surface area contributed by atoms with Crippen molar-refractivity contribution in [2.45, 2.75) is 44.9 Å². The van der Waals surface area contributed by atoms with Gasteiger partial charge in [-0.2, -0.15) is 0 Å². The van der Waals surface area contributed by atoms with Gasteiger partial charge in [0.1, 0.15) is 23.0 Å². The molecule has 0 saturated heterocycles. The maximum atomic E-state index is 13.6. The van der Waals surface area contributed by atoms with E-state index < -0.39 is 0 Å². The fraction of sp³-hybridized carbons (Fsp3) is 0.200. The highest BCUT2D eigenvalue weighted by atomic mass is 19.1. The van der Waals surface area contributed by atoms with Crippen LogP contribution in [0.15, 0.2) is 89.3 Å². The lowest BCUT2D eigenvalue weighted by atomic mass is 9.87. The van der Waals surface area contributed by atoms with Gasteiger partial charge in [-0.1, -0.05) is 37.3 Å². The molecule has 0 unspecified atom stereocenters. The molecule has 4 aromatic carbocycles. The second-order valence-corrected chi connectivity index (χ2v) is 10.7. The number of hydrogen-bond acceptors (Lipinski definition) is 3. The number of ketones is 2. The summed E-state index contributed by atoms with van der Waals surface area (Å²) < 4.78 is 33.1. The van der Waals surface area contributed by atoms with Crippen molar-refractivity contribution in [2.75, 3.05) is 0 Å². The lowest BCUT2D eigenvalue weighted by Gasteiger charge is -2.16. The summed E-state index contributed by atoms with van der Waals surface area (Å²) in [6.45, 7) is 3.80. The Morgan fingerprint density at radius 1 is 0.800 bits per heavy atom. The van der Waals surface area contributed by atoms with Crippen molar-refractivity contribution < 1.29 is 22.8 Å². The number of halogens is 2. The van der Waals surface area contributed by atoms with Crippen molar-refractivity contribution in [3.8, 4) is 22.5 Å². The summed E-state index contributed by atoms with van der Waals surface area (Å²) in [5.41, 5.74) is 5.86. The van der Waals surface area contributed by atoms with Crippen LogP contribution >= 0.6 is 0 Å². The number of aryl methyl sites for hydroxylation is 1. The van der Waals surface area contributed by atoms with Crippen molar-refractivity contribution in [1.82, 2.24) is 0 Å². The third kappa shape index (κ3) is 4.66. The molecule has 0 amide bonds. The molecule has 5 aromatic rings. The second-order valence-electron chi connectivity index (χ2n) is 10.7. The maximum Gasteiger partial charge on any atom is 0.167 e. The minimum atomic E-state index is -0.360. The summed E-state index contributed by atoms with van der Waals surface area (Å²) in [5, 5.41) is 0.688. The SMILES string of the molecule is CCC(=O)c1c(-c2ccc(F)cc2)oc2ccc(-c3cc(C(=O)CC4(c5ccc(F)cc5)CC4)ccc3C)cc12. The van der Waals surface area contributed by atoms with Crippen molar-refractivity contribution in [3.05, 3.63) is 119 Å². The Morgan fingerprint density at radius 2 is 1.45 bits per heavy atom. The lowest BCUT2D eigenvalue weighted by Crippen LogP contribution is -2.14. The van der Waals surface area contributed by atoms with Crippen LogP contribution in [0.2, 0.25) is 0 Å². The Hall–Kier alpha value is -4.38. The summed E-state index contributed by atoms with van der Waals surface area (Å²) in [7, 11) is 0. The van der Waals surface area contributed by atoms with Gasteiger partial charge in [0.15, 0.2) is 11.6 Å². The molecule has 3 nitrogen and oxygen atoms in total. The first-order valence-electron chi connectivity index (χ1n) is 13.5. The van der Waals surface area contributed by atoms with Gasteiger partial charge >= 0.3 is 0 Å². The van der Waals surface area contributed by atoms with Crippen molar-refractivity contribution in [3.63, 3.8) is 0 Å². The third-order valence-electron chi connectivity index (χ3n) is 8.07. The van der Waals surface area contributed by atoms with Crippen molar-refractivity contribution >= 4 is 22.5 Å². The van der Waals surface area contributed by atoms with Crippen LogP contribution in [0.5, 0.6) is 0 Å². The summed E-state index contributed by atoms with van der Waals surface area (Å²) in [4.78, 5) is 26.5. The van der Waals surface area contributed by atoms with Gasteiger partial charge in [0.25, 0.3) is 0 Å². The third-order valence-corrected chi connectivity index (χ3v) is 8.07. The molecule has 0 bridgehead atoms. The van der Waals surface area contributed by atoms with E-state index in [9.17, 15) is 18.4 Å². The van der Waals surface area contributed by atoms with E-state index in [4.69, 9.17) is 4.42 Å². The molecule has 40 heavy (non-hydrogen) atoms. The fourth-order valence-electron chi connectivity index (χ4n) is 5.56. The average Bonchev–Trinajstić information content (AvgIpc) is 3.64. The molecular weight excluding hydrogens is 506 g/mol. The standard InChI is InChI=1S/C35H28F2O3/c1-3-30(38)33-29-18-23(8-15-32(29)40-34(33)22-6-11-26(36)12-7-22)28-19-24(5-4-21(28)2)31(39)20-35(16-17-35)25-9-13-27(37)14-10-25/h4-15,18-19H,3,16-17,20H2,1-2H3. The lowest BCUT2D eigenvalue weighted by molar-refractivity contribution is 0.0967. The first-order valence-corrected chi connectivity index (χ1v) is 13.5. The van der Waals surface area contributed by atoms with Gasteiger partial charge in [-0.15, -0.1) is 0 Å². The van der Waals surface area contributed by atoms with Crippen LogP contribution < -0.4 is 0 Å². The van der Waals surface area contributed by atoms with Gasteiger partial charge in [-0.3, -0.25) is 9.59 Å². The summed E-state index contributed by atoms with van der Waals surface area (Å²) in [6, 6.07) is 23.8. The largest absolute Gasteiger partial charge is 0.455 e. The maximum absolute atomic E-state index is 13.6. The second kappa shape index (κ2) is 9.98. The summed E-state index contributed by atoms with van der Waals surface area (Å²) in [6.07, 6.45) is 2.49. The normalized spacial score (nSPS) is 13.9. The number of hydrogen-bond donors (Lipinski definition) is 0. The Labute approximate surface area is 231 Å². The number of carbonyl (C=O) groups excluding carboxylic acids is 2. The zero-order chi connectivity index (χ0) is 28.0. The van der Waals surface area contributed by atoms with E-state index in [-0.39, 0.29) is 28.6 Å². The van der Waals surface area contributed by atoms with Crippen LogP contribution in [-0.4, -0.2) is 11.6 Å². The highest BCUT2D eigenvalue weighted by Crippen LogP contribution is 2.51. The molecule has 1 fully saturated rings. The first-order chi connectivity index (χ1) is 19.3. The van der Waals surface area contributed by atoms with E-state index in [0.29, 0.717) is 46.3 Å². The summed E-state index contributed by atoms with van der Waals surface area (Å²) >= 11 is 0. The molecule has 1 aliphatic rings. The van der Waals surface area contributed by atoms with Crippen LogP contribution in [0, 0.1) is 18.6 Å². The highest BCUT2D eigenvalue weighted by Gasteiger charge is 2.45. The Morgan fingerprint density at radius 3 is 2.10 bits per heavy atom. The number of benzene rings is 4. The van der Waals surface area contributed by atoms with Crippen LogP contribution in [0.4, 0.5) is 8.78 Å². The molecule has 0 spiro atoms. The molecule has 1 heterocycles. The van der Waals surface area contributed by atoms with Gasteiger partial charge in [0, 0.05) is 34.8 Å². The van der Waals surface area contributed by atoms with E-state index in [2.05, 4.69) is 0 Å². The molecule has 6 rings (SSSR count). The van der Waals surface area contributed by atoms with Gasteiger partial charge in [0.2, 0.25) is 0 Å². The number of fused-ring (bicyclic) bond motifs is 1. The van der Waals surface area contributed by atoms with Crippen LogP contribution in [0.25, 0.3) is 33.4 Å². The van der Waals surface area contributed by atoms with E-state index in [1.165, 1.54) is 24.3 Å². The molecule has 1 saturated carbocycles. The molecule has 0 radical (unpaired) electrons. The molecule has 1 aliphatic carbocycles. The topological polar surface area (TPSA) is 47.3 Å². The minimum absolute atomic E-state index is 0.0490. The monoisotopic (exact) mass is 534 g/mol. The number of rotatable bonds is 8. The zero-order valence-corrected chi connectivity index (χ0v) is 22.4. The van der Waals surface area contributed by atoms with Crippen molar-refractivity contribution in [1.29, 1.82) is 0 Å². The van der Waals surface area contributed by atoms with Crippen LogP contribution in [-0.2, 0) is 5.41 Å². The molecular formula is C35H28F2O3.